The second kappa shape index (κ2) is 9.19. The Morgan fingerprint density at radius 3 is 2.39 bits per heavy atom. The average Bonchev–Trinajstić information content (AvgIpc) is 2.53. The molecule has 0 aliphatic rings. The fraction of sp³-hybridized carbons (Fsp3) is 0.333. The number of benzene rings is 1. The molecule has 124 valence electrons. The topological polar surface area (TPSA) is 111 Å². The fourth-order valence-electron chi connectivity index (χ4n) is 1.56. The first kappa shape index (κ1) is 18.1. The van der Waals surface area contributed by atoms with Crippen molar-refractivity contribution in [2.24, 2.45) is 0 Å². The molecule has 23 heavy (non-hydrogen) atoms. The van der Waals surface area contributed by atoms with E-state index >= 15 is 0 Å². The molecule has 0 saturated heterocycles. The highest BCUT2D eigenvalue weighted by atomic mass is 16.6. The predicted molar refractivity (Wildman–Crippen MR) is 79.3 cm³/mol. The van der Waals surface area contributed by atoms with Gasteiger partial charge < -0.3 is 14.8 Å². The highest BCUT2D eigenvalue weighted by Crippen LogP contribution is 1.99. The van der Waals surface area contributed by atoms with Gasteiger partial charge in [0.25, 0.3) is 5.91 Å². The van der Waals surface area contributed by atoms with Gasteiger partial charge in [-0.05, 0) is 12.5 Å². The number of carbonyl (C=O) groups is 4. The molecule has 2 N–H and O–H groups in total. The van der Waals surface area contributed by atoms with Gasteiger partial charge in [-0.15, -0.1) is 0 Å². The number of hydrogen-bond acceptors (Lipinski definition) is 6. The molecule has 0 heterocycles. The molecule has 1 atom stereocenters. The van der Waals surface area contributed by atoms with Crippen molar-refractivity contribution in [1.29, 1.82) is 0 Å². The smallest absolute Gasteiger partial charge is 0.413 e. The van der Waals surface area contributed by atoms with E-state index in [-0.39, 0.29) is 18.9 Å². The van der Waals surface area contributed by atoms with Crippen LogP contribution in [0.1, 0.15) is 12.5 Å². The Hall–Kier alpha value is -2.90. The lowest BCUT2D eigenvalue weighted by atomic mass is 10.1. The molecule has 0 radical (unpaired) electrons. The Morgan fingerprint density at radius 2 is 1.78 bits per heavy atom. The van der Waals surface area contributed by atoms with Crippen LogP contribution >= 0.6 is 0 Å². The third kappa shape index (κ3) is 7.07. The van der Waals surface area contributed by atoms with Crippen LogP contribution in [0.5, 0.6) is 0 Å². The molecular formula is C15H18N2O6. The van der Waals surface area contributed by atoms with Gasteiger partial charge in [0.15, 0.2) is 6.10 Å². The number of rotatable bonds is 6. The van der Waals surface area contributed by atoms with Crippen LogP contribution in [0.3, 0.4) is 0 Å². The van der Waals surface area contributed by atoms with Crippen LogP contribution in [-0.4, -0.2) is 43.6 Å². The van der Waals surface area contributed by atoms with Crippen molar-refractivity contribution in [3.8, 4) is 0 Å². The number of ether oxygens (including phenoxy) is 2. The van der Waals surface area contributed by atoms with Crippen LogP contribution in [0.15, 0.2) is 30.3 Å². The van der Waals surface area contributed by atoms with Crippen LogP contribution in [0, 0.1) is 0 Å². The maximum atomic E-state index is 11.7. The lowest BCUT2D eigenvalue weighted by Crippen LogP contribution is -2.41. The second-order valence-electron chi connectivity index (χ2n) is 4.55. The summed E-state index contributed by atoms with van der Waals surface area (Å²) in [6.07, 6.45) is -2.01. The van der Waals surface area contributed by atoms with Gasteiger partial charge in [-0.25, -0.2) is 4.79 Å². The van der Waals surface area contributed by atoms with E-state index in [0.29, 0.717) is 0 Å². The summed E-state index contributed by atoms with van der Waals surface area (Å²) in [6, 6.07) is 9.02. The van der Waals surface area contributed by atoms with Gasteiger partial charge in [-0.2, -0.15) is 0 Å². The van der Waals surface area contributed by atoms with E-state index in [1.165, 1.54) is 6.92 Å². The first-order valence-electron chi connectivity index (χ1n) is 6.81. The van der Waals surface area contributed by atoms with Crippen LogP contribution in [0.4, 0.5) is 4.79 Å². The summed E-state index contributed by atoms with van der Waals surface area (Å²) >= 11 is 0. The molecule has 0 aliphatic carbocycles. The molecule has 3 amide bonds. The highest BCUT2D eigenvalue weighted by Gasteiger charge is 2.20. The summed E-state index contributed by atoms with van der Waals surface area (Å²) in [5, 5.41) is 4.26. The Labute approximate surface area is 133 Å². The van der Waals surface area contributed by atoms with Crippen molar-refractivity contribution < 1.29 is 28.7 Å². The van der Waals surface area contributed by atoms with Crippen molar-refractivity contribution in [2.75, 3.05) is 13.7 Å². The molecule has 0 spiro atoms. The molecule has 0 bridgehead atoms. The third-order valence-electron chi connectivity index (χ3n) is 2.73. The minimum Gasteiger partial charge on any atom is -0.453 e. The summed E-state index contributed by atoms with van der Waals surface area (Å²) in [7, 11) is 1.10. The van der Waals surface area contributed by atoms with E-state index in [2.05, 4.69) is 10.1 Å². The largest absolute Gasteiger partial charge is 0.453 e. The van der Waals surface area contributed by atoms with Crippen LogP contribution < -0.4 is 10.6 Å². The number of carbonyl (C=O) groups excluding carboxylic acids is 4. The molecule has 1 aromatic rings. The van der Waals surface area contributed by atoms with Gasteiger partial charge >= 0.3 is 12.1 Å². The molecule has 8 nitrogen and oxygen atoms in total. The maximum absolute atomic E-state index is 11.7. The molecule has 0 aliphatic heterocycles. The molecule has 1 aromatic carbocycles. The Kier molecular flexibility index (Phi) is 7.25. The average molecular weight is 322 g/mol. The molecule has 0 saturated carbocycles. The summed E-state index contributed by atoms with van der Waals surface area (Å²) in [5.41, 5.74) is 0.809. The number of imide groups is 1. The number of alkyl carbamates (subject to hydrolysis) is 1. The second-order valence-corrected chi connectivity index (χ2v) is 4.55. The Morgan fingerprint density at radius 1 is 1.13 bits per heavy atom. The van der Waals surface area contributed by atoms with Gasteiger partial charge in [0.2, 0.25) is 5.91 Å². The molecule has 8 heteroatoms. The lowest BCUT2D eigenvalue weighted by Gasteiger charge is -2.12. The summed E-state index contributed by atoms with van der Waals surface area (Å²) in [4.78, 5) is 45.5. The van der Waals surface area contributed by atoms with Crippen LogP contribution in [-0.2, 0) is 30.3 Å². The van der Waals surface area contributed by atoms with E-state index < -0.39 is 24.1 Å². The minimum absolute atomic E-state index is 0.131. The van der Waals surface area contributed by atoms with Gasteiger partial charge in [0.1, 0.15) is 6.54 Å². The third-order valence-corrected chi connectivity index (χ3v) is 2.73. The lowest BCUT2D eigenvalue weighted by molar-refractivity contribution is -0.154. The maximum Gasteiger partial charge on any atom is 0.413 e. The van der Waals surface area contributed by atoms with Crippen molar-refractivity contribution >= 4 is 23.9 Å². The number of esters is 1. The van der Waals surface area contributed by atoms with Crippen molar-refractivity contribution in [3.63, 3.8) is 0 Å². The van der Waals surface area contributed by atoms with Gasteiger partial charge in [-0.3, -0.25) is 19.7 Å². The fourth-order valence-corrected chi connectivity index (χ4v) is 1.56. The number of methoxy groups -OCH3 is 1. The van der Waals surface area contributed by atoms with Gasteiger partial charge in [-0.1, -0.05) is 30.3 Å². The van der Waals surface area contributed by atoms with E-state index in [4.69, 9.17) is 4.74 Å². The number of amides is 3. The number of nitrogens with one attached hydrogen (secondary N) is 2. The van der Waals surface area contributed by atoms with E-state index in [0.717, 1.165) is 12.7 Å². The standard InChI is InChI=1S/C15H18N2O6/c1-10(14(20)17-15(21)22-2)23-13(19)9-16-12(18)8-11-6-4-3-5-7-11/h3-7,10H,8-9H2,1-2H3,(H,16,18)(H,17,20,21)/t10-/m1/s1. The van der Waals surface area contributed by atoms with Gasteiger partial charge in [0.05, 0.1) is 13.5 Å². The monoisotopic (exact) mass is 322 g/mol. The molecule has 0 aromatic heterocycles. The SMILES string of the molecule is COC(=O)NC(=O)[C@@H](C)OC(=O)CNC(=O)Cc1ccccc1. The van der Waals surface area contributed by atoms with Crippen LogP contribution in [0.2, 0.25) is 0 Å². The summed E-state index contributed by atoms with van der Waals surface area (Å²) < 4.78 is 9.03. The van der Waals surface area contributed by atoms with Crippen LogP contribution in [0.25, 0.3) is 0 Å². The zero-order chi connectivity index (χ0) is 17.2. The molecule has 0 unspecified atom stereocenters. The zero-order valence-corrected chi connectivity index (χ0v) is 12.8. The number of hydrogen-bond donors (Lipinski definition) is 2. The first-order valence-corrected chi connectivity index (χ1v) is 6.81. The minimum atomic E-state index is -1.19. The molecular weight excluding hydrogens is 304 g/mol. The van der Waals surface area contributed by atoms with E-state index in [1.54, 1.807) is 24.3 Å². The normalized spacial score (nSPS) is 11.0. The van der Waals surface area contributed by atoms with Crippen molar-refractivity contribution in [1.82, 2.24) is 10.6 Å². The van der Waals surface area contributed by atoms with Crippen molar-refractivity contribution in [2.45, 2.75) is 19.4 Å². The Bertz CT molecular complexity index is 573. The summed E-state index contributed by atoms with van der Waals surface area (Å²) in [6.45, 7) is 0.920. The van der Waals surface area contributed by atoms with Crippen molar-refractivity contribution in [3.05, 3.63) is 35.9 Å². The van der Waals surface area contributed by atoms with E-state index in [9.17, 15) is 19.2 Å². The van der Waals surface area contributed by atoms with E-state index in [1.807, 2.05) is 11.4 Å². The predicted octanol–water partition coefficient (Wildman–Crippen LogP) is 0.160. The summed E-state index contributed by atoms with van der Waals surface area (Å²) in [5.74, 6) is -1.96. The Balaban J connectivity index is 2.32. The quantitative estimate of drug-likeness (QED) is 0.722. The zero-order valence-electron chi connectivity index (χ0n) is 12.8. The van der Waals surface area contributed by atoms with Gasteiger partial charge in [0, 0.05) is 0 Å². The first-order chi connectivity index (χ1) is 10.9. The molecule has 1 rings (SSSR count). The highest BCUT2D eigenvalue weighted by molar-refractivity contribution is 5.95. The molecule has 0 fully saturated rings.